The van der Waals surface area contributed by atoms with E-state index in [4.69, 9.17) is 0 Å². The predicted molar refractivity (Wildman–Crippen MR) is 103 cm³/mol. The number of aromatic nitrogens is 1. The second-order valence-corrected chi connectivity index (χ2v) is 7.65. The minimum atomic E-state index is -5.01. The first-order chi connectivity index (χ1) is 14.5. The van der Waals surface area contributed by atoms with Crippen LogP contribution in [-0.2, 0) is 31.7 Å². The van der Waals surface area contributed by atoms with Crippen LogP contribution < -0.4 is 5.32 Å². The van der Waals surface area contributed by atoms with E-state index in [2.05, 4.69) is 10.3 Å². The van der Waals surface area contributed by atoms with Crippen molar-refractivity contribution in [1.82, 2.24) is 10.3 Å². The Morgan fingerprint density at radius 2 is 1.55 bits per heavy atom. The molecule has 1 aliphatic rings. The van der Waals surface area contributed by atoms with E-state index in [0.29, 0.717) is 17.7 Å². The number of halogens is 6. The minimum Gasteiger partial charge on any atom is -0.358 e. The smallest absolute Gasteiger partial charge is 0.358 e. The van der Waals surface area contributed by atoms with Gasteiger partial charge in [-0.3, -0.25) is 4.79 Å². The number of carbonyl (C=O) groups excluding carboxylic acids is 1. The van der Waals surface area contributed by atoms with Gasteiger partial charge in [-0.25, -0.2) is 0 Å². The molecule has 0 aliphatic heterocycles. The summed E-state index contributed by atoms with van der Waals surface area (Å²) in [6.45, 7) is -0.0215. The van der Waals surface area contributed by atoms with Gasteiger partial charge in [0.2, 0.25) is 0 Å². The molecule has 0 saturated carbocycles. The highest BCUT2D eigenvalue weighted by Gasteiger charge is 2.37. The molecule has 0 atom stereocenters. The van der Waals surface area contributed by atoms with Gasteiger partial charge in [-0.05, 0) is 67.1 Å². The highest BCUT2D eigenvalue weighted by atomic mass is 19.4. The largest absolute Gasteiger partial charge is 0.416 e. The molecular weight excluding hydrogens is 422 g/mol. The third-order valence-corrected chi connectivity index (χ3v) is 5.47. The number of hydrogen-bond acceptors (Lipinski definition) is 1. The summed E-state index contributed by atoms with van der Waals surface area (Å²) in [5.74, 6) is -1.01. The van der Waals surface area contributed by atoms with Gasteiger partial charge in [0, 0.05) is 28.7 Å². The first-order valence-electron chi connectivity index (χ1n) is 9.72. The number of fused-ring (bicyclic) bond motifs is 3. The van der Waals surface area contributed by atoms with E-state index in [1.54, 1.807) is 6.07 Å². The van der Waals surface area contributed by atoms with Gasteiger partial charge in [0.1, 0.15) is 0 Å². The number of rotatable bonds is 3. The Morgan fingerprint density at radius 3 is 2.19 bits per heavy atom. The Bertz CT molecular complexity index is 1110. The van der Waals surface area contributed by atoms with Crippen LogP contribution in [0.5, 0.6) is 0 Å². The van der Waals surface area contributed by atoms with Gasteiger partial charge in [-0.2, -0.15) is 26.3 Å². The lowest BCUT2D eigenvalue weighted by Crippen LogP contribution is -2.24. The maximum atomic E-state index is 13.0. The van der Waals surface area contributed by atoms with Crippen LogP contribution in [0.15, 0.2) is 36.4 Å². The standard InChI is InChI=1S/C22H18F6N2O/c23-21(24,25)14-8-13(9-15(10-14)22(26,27)28)20(31)29-11-12-5-6-19-17(7-12)16-3-1-2-4-18(16)30-19/h5-10,30H,1-4,11H2,(H,29,31). The number of aryl methyl sites for hydroxylation is 2. The third kappa shape index (κ3) is 4.40. The Kier molecular flexibility index (Phi) is 5.23. The number of amides is 1. The molecule has 164 valence electrons. The molecule has 1 aromatic heterocycles. The molecule has 4 rings (SSSR count). The molecule has 0 fully saturated rings. The normalized spacial score (nSPS) is 14.5. The van der Waals surface area contributed by atoms with Gasteiger partial charge in [0.15, 0.2) is 0 Å². The number of carbonyl (C=O) groups is 1. The van der Waals surface area contributed by atoms with Crippen LogP contribution in [0.25, 0.3) is 10.9 Å². The predicted octanol–water partition coefficient (Wildman–Crippen LogP) is 6.01. The van der Waals surface area contributed by atoms with Crippen molar-refractivity contribution >= 4 is 16.8 Å². The number of aromatic amines is 1. The van der Waals surface area contributed by atoms with Gasteiger partial charge in [-0.15, -0.1) is 0 Å². The van der Waals surface area contributed by atoms with Crippen molar-refractivity contribution in [2.75, 3.05) is 0 Å². The lowest BCUT2D eigenvalue weighted by molar-refractivity contribution is -0.143. The van der Waals surface area contributed by atoms with E-state index in [-0.39, 0.29) is 12.6 Å². The third-order valence-electron chi connectivity index (χ3n) is 5.47. The fourth-order valence-electron chi connectivity index (χ4n) is 3.93. The Hall–Kier alpha value is -2.97. The van der Waals surface area contributed by atoms with Gasteiger partial charge in [0.25, 0.3) is 5.91 Å². The molecule has 1 amide bonds. The summed E-state index contributed by atoms with van der Waals surface area (Å²) in [6.07, 6.45) is -5.91. The van der Waals surface area contributed by atoms with Crippen molar-refractivity contribution in [3.05, 3.63) is 69.9 Å². The van der Waals surface area contributed by atoms with Crippen LogP contribution in [0.3, 0.4) is 0 Å². The van der Waals surface area contributed by atoms with Crippen molar-refractivity contribution < 1.29 is 31.1 Å². The van der Waals surface area contributed by atoms with Crippen LogP contribution in [0, 0.1) is 0 Å². The Labute approximate surface area is 173 Å². The van der Waals surface area contributed by atoms with Gasteiger partial charge < -0.3 is 10.3 Å². The molecular formula is C22H18F6N2O. The lowest BCUT2D eigenvalue weighted by atomic mass is 9.95. The summed E-state index contributed by atoms with van der Waals surface area (Å²) in [6, 6.07) is 6.37. The van der Waals surface area contributed by atoms with Crippen molar-refractivity contribution in [2.45, 2.75) is 44.6 Å². The molecule has 2 N–H and O–H groups in total. The molecule has 0 radical (unpaired) electrons. The van der Waals surface area contributed by atoms with Crippen molar-refractivity contribution in [1.29, 1.82) is 0 Å². The van der Waals surface area contributed by atoms with E-state index in [0.717, 1.165) is 36.6 Å². The first kappa shape index (κ1) is 21.3. The number of hydrogen-bond donors (Lipinski definition) is 2. The lowest BCUT2D eigenvalue weighted by Gasteiger charge is -2.14. The molecule has 3 aromatic rings. The molecule has 0 saturated heterocycles. The highest BCUT2D eigenvalue weighted by molar-refractivity contribution is 5.94. The Balaban J connectivity index is 1.57. The molecule has 0 unspecified atom stereocenters. The minimum absolute atomic E-state index is 0.000239. The van der Waals surface area contributed by atoms with E-state index in [9.17, 15) is 31.1 Å². The molecule has 3 nitrogen and oxygen atoms in total. The number of benzene rings is 2. The van der Waals surface area contributed by atoms with Crippen LogP contribution in [0.1, 0.15) is 51.1 Å². The number of alkyl halides is 6. The molecule has 0 spiro atoms. The summed E-state index contributed by atoms with van der Waals surface area (Å²) in [5, 5.41) is 3.45. The fourth-order valence-corrected chi connectivity index (χ4v) is 3.93. The molecule has 2 aromatic carbocycles. The van der Waals surface area contributed by atoms with E-state index < -0.39 is 35.0 Å². The quantitative estimate of drug-likeness (QED) is 0.481. The molecule has 31 heavy (non-hydrogen) atoms. The van der Waals surface area contributed by atoms with Gasteiger partial charge >= 0.3 is 12.4 Å². The van der Waals surface area contributed by atoms with E-state index in [1.807, 2.05) is 12.1 Å². The van der Waals surface area contributed by atoms with Crippen molar-refractivity contribution in [3.8, 4) is 0 Å². The van der Waals surface area contributed by atoms with Crippen molar-refractivity contribution in [3.63, 3.8) is 0 Å². The monoisotopic (exact) mass is 440 g/mol. The zero-order valence-electron chi connectivity index (χ0n) is 16.2. The summed E-state index contributed by atoms with van der Waals surface area (Å²) in [7, 11) is 0. The zero-order chi connectivity index (χ0) is 22.4. The number of nitrogens with one attached hydrogen (secondary N) is 2. The summed E-state index contributed by atoms with van der Waals surface area (Å²) in [5.41, 5.74) is 0.349. The second kappa shape index (κ2) is 7.62. The van der Waals surface area contributed by atoms with Gasteiger partial charge in [0.05, 0.1) is 11.1 Å². The second-order valence-electron chi connectivity index (χ2n) is 7.65. The van der Waals surface area contributed by atoms with E-state index >= 15 is 0 Å². The average molecular weight is 440 g/mol. The van der Waals surface area contributed by atoms with Crippen LogP contribution in [0.4, 0.5) is 26.3 Å². The summed E-state index contributed by atoms with van der Waals surface area (Å²) >= 11 is 0. The van der Waals surface area contributed by atoms with Crippen molar-refractivity contribution in [2.24, 2.45) is 0 Å². The summed E-state index contributed by atoms with van der Waals surface area (Å²) in [4.78, 5) is 15.7. The molecule has 0 bridgehead atoms. The summed E-state index contributed by atoms with van der Waals surface area (Å²) < 4.78 is 78.0. The van der Waals surface area contributed by atoms with Crippen LogP contribution >= 0.6 is 0 Å². The average Bonchev–Trinajstić information content (AvgIpc) is 3.08. The zero-order valence-corrected chi connectivity index (χ0v) is 16.2. The maximum absolute atomic E-state index is 13.0. The molecule has 9 heteroatoms. The SMILES string of the molecule is O=C(NCc1ccc2[nH]c3c(c2c1)CCCC3)c1cc(C(F)(F)F)cc(C(F)(F)F)c1. The highest BCUT2D eigenvalue weighted by Crippen LogP contribution is 2.36. The first-order valence-corrected chi connectivity index (χ1v) is 9.72. The van der Waals surface area contributed by atoms with Gasteiger partial charge in [-0.1, -0.05) is 6.07 Å². The Morgan fingerprint density at radius 1 is 0.903 bits per heavy atom. The molecule has 1 heterocycles. The maximum Gasteiger partial charge on any atom is 0.416 e. The molecule has 1 aliphatic carbocycles. The number of H-pyrrole nitrogens is 1. The van der Waals surface area contributed by atoms with E-state index in [1.165, 1.54) is 11.3 Å². The fraction of sp³-hybridized carbons (Fsp3) is 0.318. The van der Waals surface area contributed by atoms with Crippen LogP contribution in [0.2, 0.25) is 0 Å². The van der Waals surface area contributed by atoms with Crippen LogP contribution in [-0.4, -0.2) is 10.9 Å². The topological polar surface area (TPSA) is 44.9 Å².